The van der Waals surface area contributed by atoms with E-state index in [1.165, 1.54) is 4.90 Å². The lowest BCUT2D eigenvalue weighted by atomic mass is 10.1. The van der Waals surface area contributed by atoms with Gasteiger partial charge in [0.1, 0.15) is 6.04 Å². The lowest BCUT2D eigenvalue weighted by Crippen LogP contribution is -2.52. The number of hydrogen-bond donors (Lipinski definition) is 1. The number of ether oxygens (including phenoxy) is 2. The highest BCUT2D eigenvalue weighted by Crippen LogP contribution is 2.23. The summed E-state index contributed by atoms with van der Waals surface area (Å²) >= 11 is 0. The molecule has 2 aliphatic rings. The number of carboxylic acids is 1. The van der Waals surface area contributed by atoms with Crippen LogP contribution in [-0.2, 0) is 14.3 Å². The van der Waals surface area contributed by atoms with Gasteiger partial charge in [-0.3, -0.25) is 0 Å². The first-order valence-electron chi connectivity index (χ1n) is 6.90. The molecule has 0 saturated carbocycles. The number of rotatable bonds is 3. The lowest BCUT2D eigenvalue weighted by Gasteiger charge is -2.35. The Kier molecular flexibility index (Phi) is 4.82. The van der Waals surface area contributed by atoms with Crippen molar-refractivity contribution in [3.8, 4) is 0 Å². The van der Waals surface area contributed by atoms with Crippen LogP contribution in [0.15, 0.2) is 0 Å². The highest BCUT2D eigenvalue weighted by molar-refractivity contribution is 5.83. The molecule has 0 radical (unpaired) electrons. The van der Waals surface area contributed by atoms with Crippen LogP contribution in [0, 0.1) is 0 Å². The molecule has 3 unspecified atom stereocenters. The highest BCUT2D eigenvalue weighted by atomic mass is 16.5. The van der Waals surface area contributed by atoms with Crippen molar-refractivity contribution in [1.29, 1.82) is 0 Å². The first-order valence-corrected chi connectivity index (χ1v) is 6.90. The summed E-state index contributed by atoms with van der Waals surface area (Å²) in [4.78, 5) is 26.9. The van der Waals surface area contributed by atoms with Crippen molar-refractivity contribution in [3.63, 3.8) is 0 Å². The second-order valence-corrected chi connectivity index (χ2v) is 5.33. The third kappa shape index (κ3) is 3.04. The summed E-state index contributed by atoms with van der Waals surface area (Å²) in [7, 11) is 3.18. The van der Waals surface area contributed by atoms with Gasteiger partial charge >= 0.3 is 12.0 Å². The quantitative estimate of drug-likeness (QED) is 0.812. The predicted octanol–water partition coefficient (Wildman–Crippen LogP) is 0.391. The summed E-state index contributed by atoms with van der Waals surface area (Å²) in [5.74, 6) is -0.974. The number of carbonyl (C=O) groups is 2. The zero-order valence-electron chi connectivity index (χ0n) is 11.9. The van der Waals surface area contributed by atoms with Crippen LogP contribution < -0.4 is 0 Å². The average Bonchev–Trinajstić information content (AvgIpc) is 2.91. The molecule has 0 spiro atoms. The van der Waals surface area contributed by atoms with Crippen LogP contribution in [0.25, 0.3) is 0 Å². The summed E-state index contributed by atoms with van der Waals surface area (Å²) < 4.78 is 10.5. The summed E-state index contributed by atoms with van der Waals surface area (Å²) in [6.45, 7) is 1.51. The van der Waals surface area contributed by atoms with Crippen molar-refractivity contribution in [3.05, 3.63) is 0 Å². The van der Waals surface area contributed by atoms with Gasteiger partial charge in [-0.15, -0.1) is 0 Å². The smallest absolute Gasteiger partial charge is 0.326 e. The van der Waals surface area contributed by atoms with E-state index in [1.54, 1.807) is 19.1 Å². The van der Waals surface area contributed by atoms with Crippen molar-refractivity contribution in [1.82, 2.24) is 9.80 Å². The van der Waals surface area contributed by atoms with E-state index in [2.05, 4.69) is 0 Å². The Balaban J connectivity index is 2.04. The molecule has 2 amide bonds. The number of hydrogen-bond acceptors (Lipinski definition) is 4. The molecule has 0 bridgehead atoms. The monoisotopic (exact) mass is 286 g/mol. The minimum Gasteiger partial charge on any atom is -0.480 e. The van der Waals surface area contributed by atoms with E-state index in [1.807, 2.05) is 0 Å². The Hall–Kier alpha value is -1.34. The van der Waals surface area contributed by atoms with E-state index >= 15 is 0 Å². The van der Waals surface area contributed by atoms with Crippen LogP contribution in [0.2, 0.25) is 0 Å². The molecule has 7 heteroatoms. The molecule has 7 nitrogen and oxygen atoms in total. The molecule has 0 aliphatic carbocycles. The molecule has 0 aromatic carbocycles. The first kappa shape index (κ1) is 15.1. The molecule has 20 heavy (non-hydrogen) atoms. The van der Waals surface area contributed by atoms with Crippen LogP contribution in [0.5, 0.6) is 0 Å². The Morgan fingerprint density at radius 2 is 1.85 bits per heavy atom. The maximum Gasteiger partial charge on any atom is 0.326 e. The fourth-order valence-electron chi connectivity index (χ4n) is 2.90. The van der Waals surface area contributed by atoms with E-state index in [9.17, 15) is 14.7 Å². The second kappa shape index (κ2) is 6.41. The fraction of sp³-hybridized carbons (Fsp3) is 0.846. The van der Waals surface area contributed by atoms with Crippen molar-refractivity contribution in [2.45, 2.75) is 37.5 Å². The Labute approximate surface area is 118 Å². The summed E-state index contributed by atoms with van der Waals surface area (Å²) in [6, 6.07) is -1.02. The summed E-state index contributed by atoms with van der Waals surface area (Å²) in [6.07, 6.45) is 1.99. The fourth-order valence-corrected chi connectivity index (χ4v) is 2.90. The maximum atomic E-state index is 12.5. The molecule has 2 heterocycles. The SMILES string of the molecule is COC1CCCN(C(=O)N2CC(OC)CC2C(=O)O)C1. The number of piperidine rings is 1. The summed E-state index contributed by atoms with van der Waals surface area (Å²) in [5, 5.41) is 9.25. The number of likely N-dealkylation sites (tertiary alicyclic amines) is 2. The van der Waals surface area contributed by atoms with E-state index in [4.69, 9.17) is 9.47 Å². The van der Waals surface area contributed by atoms with Gasteiger partial charge in [-0.2, -0.15) is 0 Å². The number of carbonyl (C=O) groups excluding carboxylic acids is 1. The number of nitrogens with zero attached hydrogens (tertiary/aromatic N) is 2. The van der Waals surface area contributed by atoms with E-state index in [-0.39, 0.29) is 18.2 Å². The van der Waals surface area contributed by atoms with Gasteiger partial charge in [-0.25, -0.2) is 9.59 Å². The zero-order chi connectivity index (χ0) is 14.7. The van der Waals surface area contributed by atoms with Gasteiger partial charge in [-0.1, -0.05) is 0 Å². The number of methoxy groups -OCH3 is 2. The largest absolute Gasteiger partial charge is 0.480 e. The van der Waals surface area contributed by atoms with Gasteiger partial charge in [-0.05, 0) is 12.8 Å². The van der Waals surface area contributed by atoms with E-state index in [0.717, 1.165) is 12.8 Å². The van der Waals surface area contributed by atoms with E-state index in [0.29, 0.717) is 26.1 Å². The maximum absolute atomic E-state index is 12.5. The van der Waals surface area contributed by atoms with Crippen LogP contribution in [-0.4, -0.2) is 79.0 Å². The minimum absolute atomic E-state index is 0.0387. The molecule has 2 fully saturated rings. The molecule has 2 aliphatic heterocycles. The van der Waals surface area contributed by atoms with Gasteiger partial charge in [0, 0.05) is 40.3 Å². The Morgan fingerprint density at radius 1 is 1.15 bits per heavy atom. The second-order valence-electron chi connectivity index (χ2n) is 5.33. The van der Waals surface area contributed by atoms with Gasteiger partial charge in [0.25, 0.3) is 0 Å². The molecule has 0 aromatic rings. The minimum atomic E-state index is -0.974. The van der Waals surface area contributed by atoms with E-state index < -0.39 is 12.0 Å². The zero-order valence-corrected chi connectivity index (χ0v) is 11.9. The van der Waals surface area contributed by atoms with Gasteiger partial charge < -0.3 is 24.4 Å². The predicted molar refractivity (Wildman–Crippen MR) is 70.5 cm³/mol. The number of carboxylic acid groups (broad SMARTS) is 1. The van der Waals surface area contributed by atoms with Gasteiger partial charge in [0.05, 0.1) is 12.2 Å². The topological polar surface area (TPSA) is 79.3 Å². The molecule has 2 saturated heterocycles. The van der Waals surface area contributed by atoms with Gasteiger partial charge in [0.2, 0.25) is 0 Å². The van der Waals surface area contributed by atoms with Crippen LogP contribution in [0.3, 0.4) is 0 Å². The number of aliphatic carboxylic acids is 1. The van der Waals surface area contributed by atoms with Crippen LogP contribution in [0.1, 0.15) is 19.3 Å². The highest BCUT2D eigenvalue weighted by Gasteiger charge is 2.42. The Morgan fingerprint density at radius 3 is 2.45 bits per heavy atom. The number of amides is 2. The third-order valence-electron chi connectivity index (χ3n) is 4.11. The average molecular weight is 286 g/mol. The first-order chi connectivity index (χ1) is 9.56. The molecule has 3 atom stereocenters. The van der Waals surface area contributed by atoms with Crippen molar-refractivity contribution < 1.29 is 24.2 Å². The van der Waals surface area contributed by atoms with Crippen molar-refractivity contribution >= 4 is 12.0 Å². The molecule has 114 valence electrons. The van der Waals surface area contributed by atoms with Gasteiger partial charge in [0.15, 0.2) is 0 Å². The molecule has 2 rings (SSSR count). The Bertz CT molecular complexity index is 376. The molecule has 1 N–H and O–H groups in total. The molecular weight excluding hydrogens is 264 g/mol. The standard InChI is InChI=1S/C13H22N2O5/c1-19-9-4-3-5-14(7-9)13(18)15-8-10(20-2)6-11(15)12(16)17/h9-11H,3-8H2,1-2H3,(H,16,17). The third-order valence-corrected chi connectivity index (χ3v) is 4.11. The molecular formula is C13H22N2O5. The van der Waals surface area contributed by atoms with Crippen molar-refractivity contribution in [2.75, 3.05) is 33.9 Å². The number of urea groups is 1. The molecule has 0 aromatic heterocycles. The summed E-state index contributed by atoms with van der Waals surface area (Å²) in [5.41, 5.74) is 0. The van der Waals surface area contributed by atoms with Crippen molar-refractivity contribution in [2.24, 2.45) is 0 Å². The van der Waals surface area contributed by atoms with Crippen LogP contribution in [0.4, 0.5) is 4.79 Å². The van der Waals surface area contributed by atoms with Crippen LogP contribution >= 0.6 is 0 Å². The lowest BCUT2D eigenvalue weighted by molar-refractivity contribution is -0.141. The normalized spacial score (nSPS) is 30.6.